The second-order valence-corrected chi connectivity index (χ2v) is 4.83. The van der Waals surface area contributed by atoms with E-state index in [1.54, 1.807) is 6.07 Å². The third kappa shape index (κ3) is 2.23. The first-order valence-corrected chi connectivity index (χ1v) is 6.67. The Morgan fingerprint density at radius 2 is 1.20 bits per heavy atom. The van der Waals surface area contributed by atoms with Crippen LogP contribution in [0.4, 0.5) is 4.39 Å². The summed E-state index contributed by atoms with van der Waals surface area (Å²) < 4.78 is 14.2. The standard InChI is InChI=1S/C19H15F/c1-14-17(15-8-4-2-5-9-15)12-13-18(20)19(14)16-10-6-3-7-11-16/h2-13H,1H3. The zero-order chi connectivity index (χ0) is 13.9. The normalized spacial score (nSPS) is 10.5. The van der Waals surface area contributed by atoms with Crippen molar-refractivity contribution >= 4 is 0 Å². The molecule has 0 spiro atoms. The summed E-state index contributed by atoms with van der Waals surface area (Å²) in [5, 5.41) is 0. The van der Waals surface area contributed by atoms with Crippen molar-refractivity contribution in [3.05, 3.63) is 84.2 Å². The Morgan fingerprint density at radius 3 is 1.80 bits per heavy atom. The molecular weight excluding hydrogens is 247 g/mol. The van der Waals surface area contributed by atoms with E-state index in [1.807, 2.05) is 61.5 Å². The molecule has 98 valence electrons. The lowest BCUT2D eigenvalue weighted by molar-refractivity contribution is 0.630. The van der Waals surface area contributed by atoms with Gasteiger partial charge in [0.2, 0.25) is 0 Å². The van der Waals surface area contributed by atoms with Gasteiger partial charge in [-0.05, 0) is 35.2 Å². The van der Waals surface area contributed by atoms with Crippen LogP contribution in [0, 0.1) is 12.7 Å². The molecule has 0 bridgehead atoms. The SMILES string of the molecule is Cc1c(-c2ccccc2)ccc(F)c1-c1ccccc1. The third-order valence-corrected chi connectivity index (χ3v) is 3.56. The van der Waals surface area contributed by atoms with Crippen LogP contribution in [0.25, 0.3) is 22.3 Å². The quantitative estimate of drug-likeness (QED) is 0.574. The molecule has 0 atom stereocenters. The maximum absolute atomic E-state index is 14.2. The summed E-state index contributed by atoms with van der Waals surface area (Å²) in [6.45, 7) is 1.98. The highest BCUT2D eigenvalue weighted by molar-refractivity contribution is 5.78. The summed E-state index contributed by atoms with van der Waals surface area (Å²) in [6, 6.07) is 23.2. The predicted octanol–water partition coefficient (Wildman–Crippen LogP) is 5.47. The number of rotatable bonds is 2. The van der Waals surface area contributed by atoms with E-state index in [-0.39, 0.29) is 5.82 Å². The van der Waals surface area contributed by atoms with Gasteiger partial charge in [-0.3, -0.25) is 0 Å². The maximum atomic E-state index is 14.2. The van der Waals surface area contributed by atoms with Crippen molar-refractivity contribution in [1.29, 1.82) is 0 Å². The molecule has 0 fully saturated rings. The molecule has 1 heteroatoms. The Kier molecular flexibility index (Phi) is 3.34. The molecule has 0 amide bonds. The van der Waals surface area contributed by atoms with Crippen molar-refractivity contribution in [2.45, 2.75) is 6.92 Å². The molecule has 0 aliphatic heterocycles. The Bertz CT molecular complexity index is 716. The lowest BCUT2D eigenvalue weighted by Gasteiger charge is -2.13. The van der Waals surface area contributed by atoms with Crippen molar-refractivity contribution in [2.24, 2.45) is 0 Å². The molecule has 20 heavy (non-hydrogen) atoms. The Hall–Kier alpha value is -2.41. The number of hydrogen-bond donors (Lipinski definition) is 0. The van der Waals surface area contributed by atoms with E-state index in [2.05, 4.69) is 12.1 Å². The summed E-state index contributed by atoms with van der Waals surface area (Å²) in [4.78, 5) is 0. The van der Waals surface area contributed by atoms with Gasteiger partial charge < -0.3 is 0 Å². The van der Waals surface area contributed by atoms with Crippen LogP contribution in [0.2, 0.25) is 0 Å². The zero-order valence-corrected chi connectivity index (χ0v) is 11.3. The van der Waals surface area contributed by atoms with Gasteiger partial charge in [0.15, 0.2) is 0 Å². The smallest absolute Gasteiger partial charge is 0.131 e. The monoisotopic (exact) mass is 262 g/mol. The molecule has 0 heterocycles. The van der Waals surface area contributed by atoms with Crippen LogP contribution in [0.1, 0.15) is 5.56 Å². The lowest BCUT2D eigenvalue weighted by atomic mass is 9.92. The van der Waals surface area contributed by atoms with Gasteiger partial charge >= 0.3 is 0 Å². The molecule has 0 nitrogen and oxygen atoms in total. The predicted molar refractivity (Wildman–Crippen MR) is 82.0 cm³/mol. The molecule has 0 saturated heterocycles. The van der Waals surface area contributed by atoms with Crippen LogP contribution in [-0.4, -0.2) is 0 Å². The van der Waals surface area contributed by atoms with Crippen LogP contribution in [0.3, 0.4) is 0 Å². The first kappa shape index (κ1) is 12.6. The van der Waals surface area contributed by atoms with Gasteiger partial charge in [0.25, 0.3) is 0 Å². The van der Waals surface area contributed by atoms with Crippen LogP contribution >= 0.6 is 0 Å². The fourth-order valence-corrected chi connectivity index (χ4v) is 2.57. The van der Waals surface area contributed by atoms with Gasteiger partial charge in [-0.1, -0.05) is 66.7 Å². The van der Waals surface area contributed by atoms with E-state index >= 15 is 0 Å². The molecule has 3 rings (SSSR count). The summed E-state index contributed by atoms with van der Waals surface area (Å²) >= 11 is 0. The van der Waals surface area contributed by atoms with Crippen molar-refractivity contribution < 1.29 is 4.39 Å². The van der Waals surface area contributed by atoms with Crippen LogP contribution in [-0.2, 0) is 0 Å². The molecule has 0 aliphatic carbocycles. The first-order chi connectivity index (χ1) is 9.77. The average Bonchev–Trinajstić information content (AvgIpc) is 2.49. The van der Waals surface area contributed by atoms with E-state index in [1.165, 1.54) is 0 Å². The van der Waals surface area contributed by atoms with Gasteiger partial charge in [0.1, 0.15) is 5.82 Å². The minimum atomic E-state index is -0.173. The summed E-state index contributed by atoms with van der Waals surface area (Å²) in [5.41, 5.74) is 4.77. The first-order valence-electron chi connectivity index (χ1n) is 6.67. The lowest BCUT2D eigenvalue weighted by Crippen LogP contribution is -1.92. The molecule has 0 aromatic heterocycles. The average molecular weight is 262 g/mol. The highest BCUT2D eigenvalue weighted by atomic mass is 19.1. The Balaban J connectivity index is 2.22. The molecule has 3 aromatic rings. The molecule has 0 N–H and O–H groups in total. The van der Waals surface area contributed by atoms with Gasteiger partial charge in [-0.15, -0.1) is 0 Å². The molecule has 0 radical (unpaired) electrons. The highest BCUT2D eigenvalue weighted by Crippen LogP contribution is 2.33. The third-order valence-electron chi connectivity index (χ3n) is 3.56. The van der Waals surface area contributed by atoms with Crippen molar-refractivity contribution in [3.8, 4) is 22.3 Å². The second kappa shape index (κ2) is 5.30. The number of halogens is 1. The summed E-state index contributed by atoms with van der Waals surface area (Å²) in [6.07, 6.45) is 0. The number of hydrogen-bond acceptors (Lipinski definition) is 0. The van der Waals surface area contributed by atoms with E-state index in [0.717, 1.165) is 22.3 Å². The topological polar surface area (TPSA) is 0 Å². The van der Waals surface area contributed by atoms with E-state index < -0.39 is 0 Å². The van der Waals surface area contributed by atoms with E-state index in [4.69, 9.17) is 0 Å². The largest absolute Gasteiger partial charge is 0.206 e. The molecule has 0 unspecified atom stereocenters. The summed E-state index contributed by atoms with van der Waals surface area (Å²) in [5.74, 6) is -0.173. The summed E-state index contributed by atoms with van der Waals surface area (Å²) in [7, 11) is 0. The second-order valence-electron chi connectivity index (χ2n) is 4.83. The van der Waals surface area contributed by atoms with Gasteiger partial charge in [0.05, 0.1) is 0 Å². The Morgan fingerprint density at radius 1 is 0.650 bits per heavy atom. The minimum absolute atomic E-state index is 0.173. The van der Waals surface area contributed by atoms with E-state index in [9.17, 15) is 4.39 Å². The highest BCUT2D eigenvalue weighted by Gasteiger charge is 2.12. The van der Waals surface area contributed by atoms with Gasteiger partial charge in [0, 0.05) is 5.56 Å². The molecule has 3 aromatic carbocycles. The van der Waals surface area contributed by atoms with Crippen molar-refractivity contribution in [3.63, 3.8) is 0 Å². The van der Waals surface area contributed by atoms with Crippen LogP contribution in [0.5, 0.6) is 0 Å². The van der Waals surface area contributed by atoms with Crippen molar-refractivity contribution in [1.82, 2.24) is 0 Å². The maximum Gasteiger partial charge on any atom is 0.131 e. The van der Waals surface area contributed by atoms with Gasteiger partial charge in [-0.2, -0.15) is 0 Å². The molecular formula is C19H15F. The molecule has 0 aliphatic rings. The van der Waals surface area contributed by atoms with E-state index in [0.29, 0.717) is 5.56 Å². The van der Waals surface area contributed by atoms with Crippen molar-refractivity contribution in [2.75, 3.05) is 0 Å². The fourth-order valence-electron chi connectivity index (χ4n) is 2.57. The minimum Gasteiger partial charge on any atom is -0.206 e. The Labute approximate surface area is 118 Å². The zero-order valence-electron chi connectivity index (χ0n) is 11.3. The number of benzene rings is 3. The van der Waals surface area contributed by atoms with Gasteiger partial charge in [-0.25, -0.2) is 4.39 Å². The van der Waals surface area contributed by atoms with Crippen LogP contribution < -0.4 is 0 Å². The van der Waals surface area contributed by atoms with Crippen LogP contribution in [0.15, 0.2) is 72.8 Å². The fraction of sp³-hybridized carbons (Fsp3) is 0.0526. The molecule has 0 saturated carbocycles.